The van der Waals surface area contributed by atoms with Crippen LogP contribution >= 0.6 is 0 Å². The zero-order valence-corrected chi connectivity index (χ0v) is 49.8. The Labute approximate surface area is 499 Å². The van der Waals surface area contributed by atoms with Crippen LogP contribution in [-0.2, 0) is 9.47 Å². The molecule has 0 radical (unpaired) electrons. The summed E-state index contributed by atoms with van der Waals surface area (Å²) >= 11 is 0. The summed E-state index contributed by atoms with van der Waals surface area (Å²) in [5.74, 6) is -3.48. The van der Waals surface area contributed by atoms with Gasteiger partial charge in [-0.05, 0) is 116 Å². The van der Waals surface area contributed by atoms with E-state index in [1.165, 1.54) is 69.1 Å². The molecule has 430 valence electrons. The van der Waals surface area contributed by atoms with Gasteiger partial charge in [-0.3, -0.25) is 14.6 Å². The summed E-state index contributed by atoms with van der Waals surface area (Å²) in [5, 5.41) is 49.1. The van der Waals surface area contributed by atoms with Gasteiger partial charge < -0.3 is 30.3 Å². The number of aromatic nitrogens is 8. The number of alkyl halides is 1. The topological polar surface area (TPSA) is 270 Å². The molecule has 0 spiro atoms. The molecule has 18 nitrogen and oxygen atoms in total. The number of hydrogen-bond acceptors (Lipinski definition) is 12. The SMILES string of the molecule is CO.COC(=O)c1cccc2[nH]ncc12.COC(=O)c1cccc2c1cnn2-c1ccc(F)cc1.C[Si](C)(C)C.Cc1ccc(F)cc1.O=C(O)c1cccc2[nH]ncc12.O=C(O)c1cccc2c1cnn2-c1ccc(F)cc1.[2H]CF.[Na+].[OH-]. The molecule has 4 aromatic heterocycles. The van der Waals surface area contributed by atoms with Crippen molar-refractivity contribution in [3.63, 3.8) is 0 Å². The zero-order valence-electron chi connectivity index (χ0n) is 47.8. The van der Waals surface area contributed by atoms with Crippen molar-refractivity contribution in [1.82, 2.24) is 40.0 Å². The third-order valence-corrected chi connectivity index (χ3v) is 10.6. The number of hydrogen-bond donors (Lipinski definition) is 5. The van der Waals surface area contributed by atoms with Crippen LogP contribution in [0, 0.1) is 24.4 Å². The van der Waals surface area contributed by atoms with Crippen molar-refractivity contribution < 1.29 is 97.9 Å². The van der Waals surface area contributed by atoms with Gasteiger partial charge in [0.15, 0.2) is 0 Å². The number of esters is 2. The number of aryl methyl sites for hydroxylation is 1. The van der Waals surface area contributed by atoms with Crippen molar-refractivity contribution in [3.8, 4) is 11.4 Å². The van der Waals surface area contributed by atoms with E-state index in [0.29, 0.717) is 38.5 Å². The van der Waals surface area contributed by atoms with Gasteiger partial charge in [0.1, 0.15) is 17.5 Å². The Hall–Kier alpha value is -8.84. The molecular formula is C59H61F4N8NaO10Si. The predicted octanol–water partition coefficient (Wildman–Crippen LogP) is 9.53. The number of aromatic carboxylic acids is 2. The number of rotatable bonds is 6. The number of aliphatic hydroxyl groups excluding tert-OH is 1. The van der Waals surface area contributed by atoms with Crippen LogP contribution in [0.15, 0.2) is 170 Å². The van der Waals surface area contributed by atoms with E-state index in [-0.39, 0.29) is 69.6 Å². The number of carboxylic acid groups (broad SMARTS) is 2. The molecule has 4 heterocycles. The van der Waals surface area contributed by atoms with Crippen molar-refractivity contribution >= 4 is 75.6 Å². The van der Waals surface area contributed by atoms with E-state index in [1.54, 1.807) is 113 Å². The molecule has 0 atom stereocenters. The fraction of sp³-hybridized carbons (Fsp3) is 0.153. The van der Waals surface area contributed by atoms with E-state index in [1.807, 2.05) is 19.1 Å². The Morgan fingerprint density at radius 1 is 0.518 bits per heavy atom. The Bertz CT molecular complexity index is 3800. The monoisotopic (exact) mass is 1170 g/mol. The molecule has 0 unspecified atom stereocenters. The van der Waals surface area contributed by atoms with E-state index in [2.05, 4.69) is 61.5 Å². The van der Waals surface area contributed by atoms with Crippen molar-refractivity contribution in [2.75, 3.05) is 28.5 Å². The van der Waals surface area contributed by atoms with Crippen LogP contribution in [0.5, 0.6) is 0 Å². The number of nitrogens with zero attached hydrogens (tertiary/aromatic N) is 6. The Morgan fingerprint density at radius 3 is 1.17 bits per heavy atom. The van der Waals surface area contributed by atoms with Crippen LogP contribution < -0.4 is 29.6 Å². The molecule has 0 aliphatic carbocycles. The Morgan fingerprint density at radius 2 is 0.819 bits per heavy atom. The number of halogens is 4. The molecular weight excluding hydrogens is 1110 g/mol. The predicted molar refractivity (Wildman–Crippen MR) is 308 cm³/mol. The molecule has 11 rings (SSSR count). The molecule has 24 heteroatoms. The number of aliphatic hydroxyl groups is 1. The van der Waals surface area contributed by atoms with Crippen molar-refractivity contribution in [1.29, 1.82) is 0 Å². The van der Waals surface area contributed by atoms with Crippen LogP contribution in [0.1, 0.15) is 48.4 Å². The molecule has 0 saturated carbocycles. The smallest absolute Gasteiger partial charge is 0.870 e. The molecule has 6 N–H and O–H groups in total. The third-order valence-electron chi connectivity index (χ3n) is 10.6. The molecule has 0 aliphatic heterocycles. The van der Waals surface area contributed by atoms with Crippen molar-refractivity contribution in [2.24, 2.45) is 0 Å². The number of aromatic amines is 2. The van der Waals surface area contributed by atoms with Gasteiger partial charge in [0.25, 0.3) is 0 Å². The number of ether oxygens (including phenoxy) is 2. The number of H-pyrrole nitrogens is 2. The molecule has 11 aromatic rings. The van der Waals surface area contributed by atoms with Crippen LogP contribution in [0.2, 0.25) is 26.2 Å². The second-order valence-corrected chi connectivity index (χ2v) is 24.2. The van der Waals surface area contributed by atoms with Gasteiger partial charge in [-0.25, -0.2) is 41.7 Å². The molecule has 0 saturated heterocycles. The summed E-state index contributed by atoms with van der Waals surface area (Å²) in [4.78, 5) is 44.8. The first-order valence-electron chi connectivity index (χ1n) is 24.8. The zero-order chi connectivity index (χ0) is 60.5. The number of methoxy groups -OCH3 is 2. The summed E-state index contributed by atoms with van der Waals surface area (Å²) in [6, 6.07) is 38.9. The van der Waals surface area contributed by atoms with Crippen LogP contribution in [0.4, 0.5) is 17.6 Å². The molecule has 0 aliphatic rings. The fourth-order valence-electron chi connectivity index (χ4n) is 7.10. The molecule has 83 heavy (non-hydrogen) atoms. The number of carboxylic acids is 2. The van der Waals surface area contributed by atoms with Gasteiger partial charge >= 0.3 is 53.4 Å². The largest absolute Gasteiger partial charge is 1.00 e. The van der Waals surface area contributed by atoms with E-state index in [0.717, 1.165) is 40.3 Å². The first-order chi connectivity index (χ1) is 39.2. The number of fused-ring (bicyclic) bond motifs is 4. The van der Waals surface area contributed by atoms with Crippen molar-refractivity contribution in [2.45, 2.75) is 33.1 Å². The first-order valence-corrected chi connectivity index (χ1v) is 28.1. The Balaban J connectivity index is 0.000000351. The maximum absolute atomic E-state index is 13.0. The molecule has 0 amide bonds. The van der Waals surface area contributed by atoms with E-state index >= 15 is 0 Å². The van der Waals surface area contributed by atoms with Crippen LogP contribution in [0.3, 0.4) is 0 Å². The minimum absolute atomic E-state index is 0. The minimum Gasteiger partial charge on any atom is -0.870 e. The number of carbonyl (C=O) groups is 4. The number of benzene rings is 7. The second-order valence-electron chi connectivity index (χ2n) is 18.2. The number of carbonyl (C=O) groups excluding carboxylic acids is 2. The Kier molecular flexibility index (Phi) is 28.4. The summed E-state index contributed by atoms with van der Waals surface area (Å²) in [7, 11) is 2.09. The summed E-state index contributed by atoms with van der Waals surface area (Å²) < 4.78 is 66.1. The van der Waals surface area contributed by atoms with Crippen LogP contribution in [0.25, 0.3) is 55.0 Å². The summed E-state index contributed by atoms with van der Waals surface area (Å²) in [6.45, 7) is 11.2. The molecule has 0 bridgehead atoms. The van der Waals surface area contributed by atoms with E-state index in [9.17, 15) is 36.7 Å². The maximum Gasteiger partial charge on any atom is 1.00 e. The minimum atomic E-state index is -1.00. The first kappa shape index (κ1) is 68.4. The molecule has 7 aromatic carbocycles. The van der Waals surface area contributed by atoms with Gasteiger partial charge in [0.2, 0.25) is 0 Å². The third kappa shape index (κ3) is 20.3. The summed E-state index contributed by atoms with van der Waals surface area (Å²) in [6.07, 6.45) is 6.23. The average Bonchev–Trinajstić information content (AvgIpc) is 4.45. The van der Waals surface area contributed by atoms with Gasteiger partial charge in [-0.2, -0.15) is 20.4 Å². The second kappa shape index (κ2) is 34.4. The van der Waals surface area contributed by atoms with E-state index < -0.39 is 33.1 Å². The standard InChI is InChI=1S/C15H11FN2O2.C14H9FN2O2.C9H8N2O2.C8H6N2O2.C7H7F.C4H12Si.CH3F.CH4O.Na.H2O/c1-20-15(19)12-3-2-4-14-13(12)9-17-18(14)11-7-5-10(16)6-8-11;15-9-4-6-10(7-5-9)17-13-3-1-2-11(14(18)19)12(13)8-16-17;1-13-9(12)6-3-2-4-8-7(6)5-10-11-8;11-8(12)5-2-1-3-7-6(5)4-9-10-7;1-6-2-4-7(8)5-3-6;1-5(2,3)4;2*1-2;;/h2-9H,1H3;1-8H,(H,18,19);2-5H,1H3,(H,10,11);1-4H,(H,9,10)(H,11,12);2-5H,1H3;1-4H3;1H3;2H,1H3;;1H2/q;;;;;;;;+1;/p-1/i;;;;;;1D;;;. The van der Waals surface area contributed by atoms with Gasteiger partial charge in [-0.1, -0.05) is 68.1 Å². The van der Waals surface area contributed by atoms with Crippen molar-refractivity contribution in [3.05, 3.63) is 216 Å². The van der Waals surface area contributed by atoms with Gasteiger partial charge in [-0.15, -0.1) is 0 Å². The number of nitrogens with one attached hydrogen (secondary N) is 2. The van der Waals surface area contributed by atoms with Gasteiger partial charge in [0.05, 0.1) is 103 Å². The average molecular weight is 1170 g/mol. The quantitative estimate of drug-likeness (QED) is 0.0589. The van der Waals surface area contributed by atoms with Gasteiger partial charge in [0, 0.05) is 36.7 Å². The van der Waals surface area contributed by atoms with E-state index in [4.69, 9.17) is 21.4 Å². The maximum atomic E-state index is 13.0. The fourth-order valence-corrected chi connectivity index (χ4v) is 7.10. The molecule has 0 fully saturated rings. The normalized spacial score (nSPS) is 10.1. The van der Waals surface area contributed by atoms with Crippen LogP contribution in [-0.4, -0.2) is 121 Å². The summed E-state index contributed by atoms with van der Waals surface area (Å²) in [5.41, 5.74) is 6.98.